The fourth-order valence-electron chi connectivity index (χ4n) is 3.40. The Kier molecular flexibility index (Phi) is 5.55. The molecule has 2 rings (SSSR count). The van der Waals surface area contributed by atoms with Crippen molar-refractivity contribution in [1.82, 2.24) is 15.2 Å². The first-order valence-corrected chi connectivity index (χ1v) is 8.11. The first-order valence-electron chi connectivity index (χ1n) is 8.11. The van der Waals surface area contributed by atoms with E-state index in [1.54, 1.807) is 0 Å². The van der Waals surface area contributed by atoms with E-state index in [-0.39, 0.29) is 0 Å². The van der Waals surface area contributed by atoms with Crippen LogP contribution in [0.2, 0.25) is 0 Å². The highest BCUT2D eigenvalue weighted by molar-refractivity contribution is 5.10. The Hall–Kier alpha value is -0.930. The van der Waals surface area contributed by atoms with Gasteiger partial charge in [0.2, 0.25) is 0 Å². The van der Waals surface area contributed by atoms with Crippen molar-refractivity contribution < 1.29 is 0 Å². The van der Waals surface area contributed by atoms with E-state index in [1.807, 2.05) is 18.5 Å². The van der Waals surface area contributed by atoms with Gasteiger partial charge in [0.15, 0.2) is 0 Å². The van der Waals surface area contributed by atoms with Gasteiger partial charge in [-0.25, -0.2) is 0 Å². The molecule has 1 aliphatic rings. The molecule has 2 heterocycles. The van der Waals surface area contributed by atoms with Crippen LogP contribution in [0, 0.1) is 0 Å². The molecule has 1 aromatic rings. The monoisotopic (exact) mass is 275 g/mol. The van der Waals surface area contributed by atoms with Gasteiger partial charge in [0.1, 0.15) is 0 Å². The van der Waals surface area contributed by atoms with Crippen molar-refractivity contribution in [2.45, 2.75) is 64.6 Å². The predicted octanol–water partition coefficient (Wildman–Crippen LogP) is 3.21. The third kappa shape index (κ3) is 3.39. The van der Waals surface area contributed by atoms with Crippen LogP contribution < -0.4 is 5.32 Å². The lowest BCUT2D eigenvalue weighted by molar-refractivity contribution is 0.0227. The number of nitrogens with zero attached hydrogens (tertiary/aromatic N) is 2. The highest BCUT2D eigenvalue weighted by Gasteiger charge is 2.38. The summed E-state index contributed by atoms with van der Waals surface area (Å²) >= 11 is 0. The molecule has 0 aromatic carbocycles. The van der Waals surface area contributed by atoms with Crippen LogP contribution in [-0.4, -0.2) is 34.6 Å². The number of aromatic nitrogens is 1. The van der Waals surface area contributed by atoms with Gasteiger partial charge in [-0.15, -0.1) is 0 Å². The number of nitrogens with one attached hydrogen (secondary N) is 1. The quantitative estimate of drug-likeness (QED) is 0.864. The molecular formula is C17H29N3. The van der Waals surface area contributed by atoms with E-state index in [0.29, 0.717) is 11.6 Å². The molecule has 0 aliphatic carbocycles. The second-order valence-corrected chi connectivity index (χ2v) is 6.04. The van der Waals surface area contributed by atoms with E-state index in [1.165, 1.54) is 31.2 Å². The second kappa shape index (κ2) is 7.19. The van der Waals surface area contributed by atoms with Crippen LogP contribution in [0.1, 0.15) is 52.0 Å². The zero-order valence-corrected chi connectivity index (χ0v) is 13.2. The van der Waals surface area contributed by atoms with Crippen molar-refractivity contribution in [3.05, 3.63) is 30.1 Å². The van der Waals surface area contributed by atoms with Gasteiger partial charge in [0.05, 0.1) is 0 Å². The van der Waals surface area contributed by atoms with Gasteiger partial charge in [0.25, 0.3) is 0 Å². The van der Waals surface area contributed by atoms with E-state index in [0.717, 1.165) is 19.6 Å². The summed E-state index contributed by atoms with van der Waals surface area (Å²) in [5.74, 6) is 0. The Bertz CT molecular complexity index is 386. The maximum atomic E-state index is 4.26. The molecule has 1 N–H and O–H groups in total. The summed E-state index contributed by atoms with van der Waals surface area (Å²) in [6, 6.07) is 4.88. The summed E-state index contributed by atoms with van der Waals surface area (Å²) in [5.41, 5.74) is 1.64. The Labute approximate surface area is 123 Å². The molecular weight excluding hydrogens is 246 g/mol. The first-order chi connectivity index (χ1) is 9.74. The van der Waals surface area contributed by atoms with E-state index < -0.39 is 0 Å². The minimum Gasteiger partial charge on any atom is -0.311 e. The Balaban J connectivity index is 2.13. The minimum atomic E-state index is 0.306. The average molecular weight is 275 g/mol. The Morgan fingerprint density at radius 1 is 1.35 bits per heavy atom. The molecule has 112 valence electrons. The topological polar surface area (TPSA) is 28.2 Å². The molecule has 1 aliphatic heterocycles. The Morgan fingerprint density at radius 2 is 2.15 bits per heavy atom. The summed E-state index contributed by atoms with van der Waals surface area (Å²) < 4.78 is 0. The third-order valence-corrected chi connectivity index (χ3v) is 4.88. The molecule has 1 unspecified atom stereocenters. The predicted molar refractivity (Wildman–Crippen MR) is 84.7 cm³/mol. The van der Waals surface area contributed by atoms with Gasteiger partial charge >= 0.3 is 0 Å². The van der Waals surface area contributed by atoms with Crippen LogP contribution >= 0.6 is 0 Å². The smallest absolute Gasteiger partial charge is 0.0333 e. The SMILES string of the molecule is CCCC1CN(Cc2cccnc2)C(CC)(CC)CN1. The zero-order valence-electron chi connectivity index (χ0n) is 13.2. The van der Waals surface area contributed by atoms with Crippen molar-refractivity contribution >= 4 is 0 Å². The maximum Gasteiger partial charge on any atom is 0.0333 e. The molecule has 0 amide bonds. The van der Waals surface area contributed by atoms with Crippen molar-refractivity contribution in [2.75, 3.05) is 13.1 Å². The van der Waals surface area contributed by atoms with E-state index in [2.05, 4.69) is 42.0 Å². The molecule has 1 saturated heterocycles. The molecule has 0 radical (unpaired) electrons. The highest BCUT2D eigenvalue weighted by Crippen LogP contribution is 2.29. The van der Waals surface area contributed by atoms with Crippen molar-refractivity contribution in [3.8, 4) is 0 Å². The lowest BCUT2D eigenvalue weighted by Gasteiger charge is -2.50. The van der Waals surface area contributed by atoms with Crippen molar-refractivity contribution in [1.29, 1.82) is 0 Å². The third-order valence-electron chi connectivity index (χ3n) is 4.88. The molecule has 0 bridgehead atoms. The molecule has 1 fully saturated rings. The molecule has 0 saturated carbocycles. The van der Waals surface area contributed by atoms with Crippen LogP contribution in [0.15, 0.2) is 24.5 Å². The summed E-state index contributed by atoms with van der Waals surface area (Å²) in [4.78, 5) is 6.96. The normalized spacial score (nSPS) is 22.9. The molecule has 3 heteroatoms. The first kappa shape index (κ1) is 15.5. The van der Waals surface area contributed by atoms with Gasteiger partial charge in [-0.2, -0.15) is 0 Å². The van der Waals surface area contributed by atoms with Gasteiger partial charge in [0, 0.05) is 43.6 Å². The summed E-state index contributed by atoms with van der Waals surface area (Å²) in [7, 11) is 0. The number of hydrogen-bond acceptors (Lipinski definition) is 3. The molecule has 1 atom stereocenters. The van der Waals surface area contributed by atoms with Crippen LogP contribution in [0.5, 0.6) is 0 Å². The van der Waals surface area contributed by atoms with Crippen LogP contribution in [0.4, 0.5) is 0 Å². The number of rotatable bonds is 6. The summed E-state index contributed by atoms with van der Waals surface area (Å²) in [6.45, 7) is 10.2. The fourth-order valence-corrected chi connectivity index (χ4v) is 3.40. The molecule has 3 nitrogen and oxygen atoms in total. The lowest BCUT2D eigenvalue weighted by atomic mass is 9.86. The van der Waals surface area contributed by atoms with E-state index in [9.17, 15) is 0 Å². The summed E-state index contributed by atoms with van der Waals surface area (Å²) in [6.07, 6.45) is 8.79. The molecule has 20 heavy (non-hydrogen) atoms. The highest BCUT2D eigenvalue weighted by atomic mass is 15.3. The Morgan fingerprint density at radius 3 is 2.75 bits per heavy atom. The number of hydrogen-bond donors (Lipinski definition) is 1. The zero-order chi connectivity index (χ0) is 14.4. The van der Waals surface area contributed by atoms with Crippen LogP contribution in [-0.2, 0) is 6.54 Å². The van der Waals surface area contributed by atoms with E-state index >= 15 is 0 Å². The second-order valence-electron chi connectivity index (χ2n) is 6.04. The van der Waals surface area contributed by atoms with Crippen molar-refractivity contribution in [2.24, 2.45) is 0 Å². The summed E-state index contributed by atoms with van der Waals surface area (Å²) in [5, 5.41) is 3.77. The average Bonchev–Trinajstić information content (AvgIpc) is 2.50. The van der Waals surface area contributed by atoms with Crippen LogP contribution in [0.3, 0.4) is 0 Å². The number of piperazine rings is 1. The van der Waals surface area contributed by atoms with Gasteiger partial charge < -0.3 is 5.32 Å². The number of pyridine rings is 1. The molecule has 0 spiro atoms. The molecule has 1 aromatic heterocycles. The minimum absolute atomic E-state index is 0.306. The standard InChI is InChI=1S/C17H29N3/c1-4-8-16-13-20(12-15-9-7-10-18-11-15)17(5-2,6-3)14-19-16/h7,9-11,16,19H,4-6,8,12-14H2,1-3H3. The van der Waals surface area contributed by atoms with Gasteiger partial charge in [-0.05, 0) is 30.9 Å². The maximum absolute atomic E-state index is 4.26. The van der Waals surface area contributed by atoms with Crippen LogP contribution in [0.25, 0.3) is 0 Å². The van der Waals surface area contributed by atoms with Crippen molar-refractivity contribution in [3.63, 3.8) is 0 Å². The van der Waals surface area contributed by atoms with Gasteiger partial charge in [-0.1, -0.05) is 33.3 Å². The fraction of sp³-hybridized carbons (Fsp3) is 0.706. The lowest BCUT2D eigenvalue weighted by Crippen LogP contribution is -2.63. The van der Waals surface area contributed by atoms with E-state index in [4.69, 9.17) is 0 Å². The van der Waals surface area contributed by atoms with Gasteiger partial charge in [-0.3, -0.25) is 9.88 Å². The largest absolute Gasteiger partial charge is 0.311 e.